The van der Waals surface area contributed by atoms with Crippen LogP contribution in [0.3, 0.4) is 0 Å². The van der Waals surface area contributed by atoms with Crippen molar-refractivity contribution in [3.8, 4) is 0 Å². The molecule has 2 rings (SSSR count). The first kappa shape index (κ1) is 13.0. The normalized spacial score (nSPS) is 12.1. The van der Waals surface area contributed by atoms with Crippen molar-refractivity contribution in [2.75, 3.05) is 5.32 Å². The quantitative estimate of drug-likeness (QED) is 0.637. The Morgan fingerprint density at radius 1 is 1.47 bits per heavy atom. The van der Waals surface area contributed by atoms with Crippen LogP contribution in [0, 0.1) is 17.0 Å². The summed E-state index contributed by atoms with van der Waals surface area (Å²) in [6.45, 7) is 3.67. The molecule has 2 N–H and O–H groups in total. The van der Waals surface area contributed by atoms with Crippen LogP contribution in [0.4, 0.5) is 11.5 Å². The highest BCUT2D eigenvalue weighted by Gasteiger charge is 2.22. The van der Waals surface area contributed by atoms with Crippen molar-refractivity contribution >= 4 is 11.5 Å². The summed E-state index contributed by atoms with van der Waals surface area (Å²) in [5.74, 6) is 1.01. The minimum atomic E-state index is -0.417. The fraction of sp³-hybridized carbons (Fsp3) is 0.333. The molecule has 100 valence electrons. The molecule has 0 fully saturated rings. The van der Waals surface area contributed by atoms with Crippen molar-refractivity contribution in [1.29, 1.82) is 0 Å². The molecule has 0 bridgehead atoms. The van der Waals surface area contributed by atoms with Crippen molar-refractivity contribution in [2.24, 2.45) is 0 Å². The van der Waals surface area contributed by atoms with Crippen LogP contribution < -0.4 is 5.32 Å². The standard InChI is InChI=1S/C12H15N5O2/c1-3-9(11-14-6-7-15-11)16-12-10(17(18)19)8(2)4-5-13-12/h4-7,9H,3H2,1-2H3,(H,13,16)(H,14,15). The molecule has 0 aliphatic carbocycles. The van der Waals surface area contributed by atoms with E-state index in [-0.39, 0.29) is 17.5 Å². The number of pyridine rings is 1. The predicted molar refractivity (Wildman–Crippen MR) is 70.9 cm³/mol. The van der Waals surface area contributed by atoms with Gasteiger partial charge in [0.1, 0.15) is 5.82 Å². The smallest absolute Gasteiger partial charge is 0.314 e. The summed E-state index contributed by atoms with van der Waals surface area (Å²) >= 11 is 0. The van der Waals surface area contributed by atoms with Crippen molar-refractivity contribution in [3.05, 3.63) is 46.2 Å². The van der Waals surface area contributed by atoms with Gasteiger partial charge in [-0.05, 0) is 19.4 Å². The van der Waals surface area contributed by atoms with E-state index < -0.39 is 4.92 Å². The monoisotopic (exact) mass is 261 g/mol. The zero-order chi connectivity index (χ0) is 13.8. The number of aromatic nitrogens is 3. The number of nitrogens with zero attached hydrogens (tertiary/aromatic N) is 3. The van der Waals surface area contributed by atoms with Gasteiger partial charge in [-0.2, -0.15) is 0 Å². The zero-order valence-corrected chi connectivity index (χ0v) is 10.8. The minimum Gasteiger partial charge on any atom is -0.354 e. The maximum absolute atomic E-state index is 11.1. The van der Waals surface area contributed by atoms with Crippen LogP contribution in [-0.2, 0) is 0 Å². The van der Waals surface area contributed by atoms with E-state index in [0.29, 0.717) is 5.56 Å². The maximum atomic E-state index is 11.1. The Morgan fingerprint density at radius 3 is 2.84 bits per heavy atom. The third kappa shape index (κ3) is 2.70. The lowest BCUT2D eigenvalue weighted by atomic mass is 10.2. The summed E-state index contributed by atoms with van der Waals surface area (Å²) in [5, 5.41) is 14.2. The molecule has 0 saturated heterocycles. The minimum absolute atomic E-state index is 0.00695. The van der Waals surface area contributed by atoms with Crippen LogP contribution in [0.5, 0.6) is 0 Å². The van der Waals surface area contributed by atoms with Crippen LogP contribution in [0.2, 0.25) is 0 Å². The van der Waals surface area contributed by atoms with Crippen LogP contribution in [0.25, 0.3) is 0 Å². The molecule has 0 aliphatic heterocycles. The van der Waals surface area contributed by atoms with Gasteiger partial charge < -0.3 is 10.3 Å². The largest absolute Gasteiger partial charge is 0.354 e. The highest BCUT2D eigenvalue weighted by atomic mass is 16.6. The van der Waals surface area contributed by atoms with Crippen molar-refractivity contribution in [2.45, 2.75) is 26.3 Å². The topological polar surface area (TPSA) is 96.7 Å². The lowest BCUT2D eigenvalue weighted by molar-refractivity contribution is -0.384. The molecular formula is C12H15N5O2. The van der Waals surface area contributed by atoms with E-state index in [1.54, 1.807) is 31.6 Å². The van der Waals surface area contributed by atoms with Gasteiger partial charge in [0.15, 0.2) is 0 Å². The lowest BCUT2D eigenvalue weighted by Gasteiger charge is -2.15. The molecule has 1 unspecified atom stereocenters. The number of hydrogen-bond acceptors (Lipinski definition) is 5. The molecule has 7 heteroatoms. The van der Waals surface area contributed by atoms with E-state index >= 15 is 0 Å². The van der Waals surface area contributed by atoms with Gasteiger partial charge in [-0.25, -0.2) is 9.97 Å². The third-order valence-corrected chi connectivity index (χ3v) is 2.88. The number of nitro groups is 1. The number of aromatic amines is 1. The second kappa shape index (κ2) is 5.47. The van der Waals surface area contributed by atoms with E-state index in [9.17, 15) is 10.1 Å². The second-order valence-corrected chi connectivity index (χ2v) is 4.16. The second-order valence-electron chi connectivity index (χ2n) is 4.16. The molecule has 0 aliphatic rings. The van der Waals surface area contributed by atoms with E-state index in [0.717, 1.165) is 12.2 Å². The van der Waals surface area contributed by atoms with Crippen molar-refractivity contribution in [3.63, 3.8) is 0 Å². The number of imidazole rings is 1. The van der Waals surface area contributed by atoms with E-state index in [1.807, 2.05) is 6.92 Å². The SMILES string of the molecule is CCC(Nc1nccc(C)c1[N+](=O)[O-])c1ncc[nH]1. The van der Waals surface area contributed by atoms with Gasteiger partial charge >= 0.3 is 5.69 Å². The Labute approximate surface area is 110 Å². The van der Waals surface area contributed by atoms with E-state index in [2.05, 4.69) is 20.3 Å². The van der Waals surface area contributed by atoms with Crippen molar-refractivity contribution < 1.29 is 4.92 Å². The first-order valence-corrected chi connectivity index (χ1v) is 5.99. The number of rotatable bonds is 5. The van der Waals surface area contributed by atoms with Gasteiger partial charge in [-0.15, -0.1) is 0 Å². The Kier molecular flexibility index (Phi) is 3.74. The Morgan fingerprint density at radius 2 is 2.26 bits per heavy atom. The molecule has 19 heavy (non-hydrogen) atoms. The summed E-state index contributed by atoms with van der Waals surface area (Å²) in [6, 6.07) is 1.49. The highest BCUT2D eigenvalue weighted by molar-refractivity contribution is 5.60. The molecule has 0 spiro atoms. The van der Waals surface area contributed by atoms with Crippen molar-refractivity contribution in [1.82, 2.24) is 15.0 Å². The van der Waals surface area contributed by atoms with E-state index in [4.69, 9.17) is 0 Å². The number of nitrogens with one attached hydrogen (secondary N) is 2. The Bertz CT molecular complexity index is 568. The van der Waals surface area contributed by atoms with Crippen LogP contribution in [-0.4, -0.2) is 19.9 Å². The van der Waals surface area contributed by atoms with Crippen LogP contribution in [0.1, 0.15) is 30.8 Å². The first-order chi connectivity index (χ1) is 9.13. The van der Waals surface area contributed by atoms with Crippen LogP contribution in [0.15, 0.2) is 24.7 Å². The summed E-state index contributed by atoms with van der Waals surface area (Å²) in [5.41, 5.74) is 0.587. The van der Waals surface area contributed by atoms with Gasteiger partial charge in [-0.3, -0.25) is 10.1 Å². The highest BCUT2D eigenvalue weighted by Crippen LogP contribution is 2.29. The maximum Gasteiger partial charge on any atom is 0.314 e. The predicted octanol–water partition coefficient (Wildman–Crippen LogP) is 2.58. The van der Waals surface area contributed by atoms with E-state index in [1.165, 1.54) is 0 Å². The van der Waals surface area contributed by atoms with Crippen LogP contribution >= 0.6 is 0 Å². The lowest BCUT2D eigenvalue weighted by Crippen LogP contribution is -2.14. The fourth-order valence-corrected chi connectivity index (χ4v) is 1.88. The fourth-order valence-electron chi connectivity index (χ4n) is 1.88. The molecule has 7 nitrogen and oxygen atoms in total. The van der Waals surface area contributed by atoms with Gasteiger partial charge in [0.05, 0.1) is 11.0 Å². The van der Waals surface area contributed by atoms with Gasteiger partial charge in [0, 0.05) is 24.2 Å². The molecule has 2 aromatic heterocycles. The van der Waals surface area contributed by atoms with Gasteiger partial charge in [0.2, 0.25) is 5.82 Å². The summed E-state index contributed by atoms with van der Waals surface area (Å²) < 4.78 is 0. The Hall–Kier alpha value is -2.44. The number of anilines is 1. The number of hydrogen-bond donors (Lipinski definition) is 2. The summed E-state index contributed by atoms with van der Waals surface area (Å²) in [7, 11) is 0. The average molecular weight is 261 g/mol. The summed E-state index contributed by atoms with van der Waals surface area (Å²) in [6.07, 6.45) is 5.66. The molecule has 0 radical (unpaired) electrons. The Balaban J connectivity index is 2.32. The number of aryl methyl sites for hydroxylation is 1. The third-order valence-electron chi connectivity index (χ3n) is 2.88. The molecule has 0 saturated carbocycles. The molecule has 1 atom stereocenters. The average Bonchev–Trinajstić information content (AvgIpc) is 2.89. The zero-order valence-electron chi connectivity index (χ0n) is 10.8. The molecule has 0 amide bonds. The first-order valence-electron chi connectivity index (χ1n) is 5.99. The number of H-pyrrole nitrogens is 1. The molecular weight excluding hydrogens is 246 g/mol. The van der Waals surface area contributed by atoms with Gasteiger partial charge in [0.25, 0.3) is 0 Å². The molecule has 2 aromatic rings. The molecule has 2 heterocycles. The van der Waals surface area contributed by atoms with Gasteiger partial charge in [-0.1, -0.05) is 6.92 Å². The summed E-state index contributed by atoms with van der Waals surface area (Å²) in [4.78, 5) is 21.9. The molecule has 0 aromatic carbocycles.